The molecular weight excluding hydrogens is 462 g/mol. The molecule has 8 nitrogen and oxygen atoms in total. The Labute approximate surface area is 207 Å². The highest BCUT2D eigenvalue weighted by Gasteiger charge is 2.34. The first kappa shape index (κ1) is 25.1. The molecule has 1 saturated heterocycles. The lowest BCUT2D eigenvalue weighted by molar-refractivity contribution is -0.126. The van der Waals surface area contributed by atoms with Gasteiger partial charge in [-0.3, -0.25) is 4.79 Å². The van der Waals surface area contributed by atoms with E-state index in [-0.39, 0.29) is 17.9 Å². The Bertz CT molecular complexity index is 1280. The van der Waals surface area contributed by atoms with Crippen LogP contribution in [0.3, 0.4) is 0 Å². The fourth-order valence-electron chi connectivity index (χ4n) is 4.73. The first-order valence-electron chi connectivity index (χ1n) is 11.9. The van der Waals surface area contributed by atoms with Gasteiger partial charge in [-0.1, -0.05) is 18.2 Å². The second-order valence-corrected chi connectivity index (χ2v) is 11.3. The van der Waals surface area contributed by atoms with Gasteiger partial charge in [0, 0.05) is 19.0 Å². The standard InChI is InChI=1S/C26H33N5O3S/c1-17-14-18(2)20(4)25(19(17)3)35(33,34)30-12-10-23(11-13-30)26(32)29-21(5)22-6-8-24(9-7-22)31-16-27-15-28-31/h6-9,14-16,21,23H,10-13H2,1-5H3,(H,29,32). The Balaban J connectivity index is 1.38. The highest BCUT2D eigenvalue weighted by molar-refractivity contribution is 7.89. The van der Waals surface area contributed by atoms with Gasteiger partial charge in [0.25, 0.3) is 0 Å². The van der Waals surface area contributed by atoms with Crippen molar-refractivity contribution in [2.24, 2.45) is 5.92 Å². The van der Waals surface area contributed by atoms with Gasteiger partial charge in [0.05, 0.1) is 16.6 Å². The summed E-state index contributed by atoms with van der Waals surface area (Å²) in [5, 5.41) is 7.22. The maximum atomic E-state index is 13.5. The van der Waals surface area contributed by atoms with Crippen molar-refractivity contribution in [1.29, 1.82) is 0 Å². The van der Waals surface area contributed by atoms with Crippen LogP contribution in [0.2, 0.25) is 0 Å². The SMILES string of the molecule is Cc1cc(C)c(C)c(S(=O)(=O)N2CCC(C(=O)NC(C)c3ccc(-n4cncn4)cc3)CC2)c1C. The first-order chi connectivity index (χ1) is 16.6. The summed E-state index contributed by atoms with van der Waals surface area (Å²) in [6.07, 6.45) is 4.13. The topological polar surface area (TPSA) is 97.2 Å². The maximum absolute atomic E-state index is 13.5. The molecule has 1 unspecified atom stereocenters. The van der Waals surface area contributed by atoms with E-state index in [1.807, 2.05) is 65.0 Å². The third-order valence-corrected chi connectivity index (χ3v) is 9.33. The summed E-state index contributed by atoms with van der Waals surface area (Å²) in [4.78, 5) is 17.3. The molecule has 1 aliphatic rings. The van der Waals surface area contributed by atoms with Gasteiger partial charge in [0.1, 0.15) is 12.7 Å². The van der Waals surface area contributed by atoms with Crippen LogP contribution in [0.1, 0.15) is 53.6 Å². The van der Waals surface area contributed by atoms with E-state index in [0.29, 0.717) is 30.8 Å². The third kappa shape index (κ3) is 5.01. The van der Waals surface area contributed by atoms with E-state index in [1.54, 1.807) is 11.0 Å². The number of carbonyl (C=O) groups is 1. The fourth-order valence-corrected chi connectivity index (χ4v) is 6.77. The molecule has 35 heavy (non-hydrogen) atoms. The molecule has 1 fully saturated rings. The molecule has 0 bridgehead atoms. The van der Waals surface area contributed by atoms with Crippen molar-refractivity contribution in [2.45, 2.75) is 58.4 Å². The largest absolute Gasteiger partial charge is 0.349 e. The minimum Gasteiger partial charge on any atom is -0.349 e. The van der Waals surface area contributed by atoms with Gasteiger partial charge < -0.3 is 5.32 Å². The van der Waals surface area contributed by atoms with Gasteiger partial charge in [-0.05, 0) is 87.4 Å². The van der Waals surface area contributed by atoms with Crippen molar-refractivity contribution in [3.05, 3.63) is 70.8 Å². The Morgan fingerprint density at radius 2 is 1.63 bits per heavy atom. The van der Waals surface area contributed by atoms with Crippen LogP contribution in [-0.2, 0) is 14.8 Å². The number of amides is 1. The minimum absolute atomic E-state index is 0.0336. The third-order valence-electron chi connectivity index (χ3n) is 7.15. The summed E-state index contributed by atoms with van der Waals surface area (Å²) in [5.74, 6) is -0.242. The zero-order chi connectivity index (χ0) is 25.3. The molecule has 1 amide bonds. The smallest absolute Gasteiger partial charge is 0.243 e. The summed E-state index contributed by atoms with van der Waals surface area (Å²) >= 11 is 0. The first-order valence-corrected chi connectivity index (χ1v) is 13.4. The molecule has 2 aromatic carbocycles. The number of nitrogens with one attached hydrogen (secondary N) is 1. The van der Waals surface area contributed by atoms with E-state index in [1.165, 1.54) is 10.6 Å². The summed E-state index contributed by atoms with van der Waals surface area (Å²) in [6, 6.07) is 9.68. The predicted octanol–water partition coefficient (Wildman–Crippen LogP) is 3.78. The maximum Gasteiger partial charge on any atom is 0.243 e. The second-order valence-electron chi connectivity index (χ2n) is 9.43. The Kier molecular flexibility index (Phi) is 7.10. The van der Waals surface area contributed by atoms with E-state index < -0.39 is 10.0 Å². The number of aryl methyl sites for hydroxylation is 2. The van der Waals surface area contributed by atoms with Crippen LogP contribution >= 0.6 is 0 Å². The van der Waals surface area contributed by atoms with Gasteiger partial charge in [0.2, 0.25) is 15.9 Å². The molecule has 4 rings (SSSR count). The van der Waals surface area contributed by atoms with Crippen molar-refractivity contribution in [1.82, 2.24) is 24.4 Å². The van der Waals surface area contributed by atoms with Crippen LogP contribution in [0.4, 0.5) is 0 Å². The molecule has 2 heterocycles. The molecule has 9 heteroatoms. The summed E-state index contributed by atoms with van der Waals surface area (Å²) in [7, 11) is -3.62. The van der Waals surface area contributed by atoms with E-state index in [9.17, 15) is 13.2 Å². The van der Waals surface area contributed by atoms with Gasteiger partial charge in [-0.25, -0.2) is 18.1 Å². The normalized spacial score (nSPS) is 16.3. The number of benzene rings is 2. The number of carbonyl (C=O) groups excluding carboxylic acids is 1. The molecule has 1 aromatic heterocycles. The molecule has 1 atom stereocenters. The number of sulfonamides is 1. The summed E-state index contributed by atoms with van der Waals surface area (Å²) in [6.45, 7) is 10.3. The highest BCUT2D eigenvalue weighted by Crippen LogP contribution is 2.31. The minimum atomic E-state index is -3.62. The predicted molar refractivity (Wildman–Crippen MR) is 135 cm³/mol. The van der Waals surface area contributed by atoms with E-state index >= 15 is 0 Å². The Morgan fingerprint density at radius 3 is 2.17 bits per heavy atom. The number of nitrogens with zero attached hydrogens (tertiary/aromatic N) is 4. The molecule has 0 spiro atoms. The number of hydrogen-bond donors (Lipinski definition) is 1. The number of aromatic nitrogens is 3. The zero-order valence-corrected chi connectivity index (χ0v) is 21.8. The van der Waals surface area contributed by atoms with E-state index in [4.69, 9.17) is 0 Å². The second kappa shape index (κ2) is 9.91. The van der Waals surface area contributed by atoms with Crippen LogP contribution in [0, 0.1) is 33.6 Å². The molecule has 1 aliphatic heterocycles. The van der Waals surface area contributed by atoms with Gasteiger partial charge in [-0.2, -0.15) is 9.40 Å². The molecule has 0 aliphatic carbocycles. The zero-order valence-electron chi connectivity index (χ0n) is 20.9. The van der Waals surface area contributed by atoms with Crippen LogP contribution in [0.25, 0.3) is 5.69 Å². The lowest BCUT2D eigenvalue weighted by atomic mass is 9.96. The van der Waals surface area contributed by atoms with Gasteiger partial charge in [0.15, 0.2) is 0 Å². The molecule has 3 aromatic rings. The lowest BCUT2D eigenvalue weighted by Crippen LogP contribution is -2.43. The summed E-state index contributed by atoms with van der Waals surface area (Å²) in [5.41, 5.74) is 5.44. The van der Waals surface area contributed by atoms with Crippen molar-refractivity contribution < 1.29 is 13.2 Å². The van der Waals surface area contributed by atoms with Gasteiger partial charge >= 0.3 is 0 Å². The average molecular weight is 496 g/mol. The van der Waals surface area contributed by atoms with E-state index in [0.717, 1.165) is 33.5 Å². The Hall–Kier alpha value is -3.04. The highest BCUT2D eigenvalue weighted by atomic mass is 32.2. The number of rotatable bonds is 6. The molecular formula is C26H33N5O3S. The Morgan fingerprint density at radius 1 is 1.03 bits per heavy atom. The molecule has 186 valence electrons. The van der Waals surface area contributed by atoms with E-state index in [2.05, 4.69) is 15.4 Å². The van der Waals surface area contributed by atoms with Crippen LogP contribution in [-0.4, -0.2) is 46.5 Å². The van der Waals surface area contributed by atoms with Crippen LogP contribution < -0.4 is 5.32 Å². The van der Waals surface area contributed by atoms with Crippen LogP contribution in [0.15, 0.2) is 47.9 Å². The van der Waals surface area contributed by atoms with Crippen LogP contribution in [0.5, 0.6) is 0 Å². The average Bonchev–Trinajstić information content (AvgIpc) is 3.38. The van der Waals surface area contributed by atoms with Crippen molar-refractivity contribution in [3.63, 3.8) is 0 Å². The monoisotopic (exact) mass is 495 g/mol. The van der Waals surface area contributed by atoms with Crippen molar-refractivity contribution in [2.75, 3.05) is 13.1 Å². The summed E-state index contributed by atoms with van der Waals surface area (Å²) < 4.78 is 30.2. The quantitative estimate of drug-likeness (QED) is 0.561. The molecule has 0 radical (unpaired) electrons. The number of piperidine rings is 1. The number of hydrogen-bond acceptors (Lipinski definition) is 5. The lowest BCUT2D eigenvalue weighted by Gasteiger charge is -2.32. The van der Waals surface area contributed by atoms with Crippen molar-refractivity contribution in [3.8, 4) is 5.69 Å². The van der Waals surface area contributed by atoms with Crippen molar-refractivity contribution >= 4 is 15.9 Å². The van der Waals surface area contributed by atoms with Gasteiger partial charge in [-0.15, -0.1) is 0 Å². The molecule has 1 N–H and O–H groups in total. The fraction of sp³-hybridized carbons (Fsp3) is 0.423. The molecule has 0 saturated carbocycles.